The van der Waals surface area contributed by atoms with Crippen molar-refractivity contribution < 1.29 is 32.7 Å². The molecule has 0 bridgehead atoms. The second-order valence-electron chi connectivity index (χ2n) is 17.2. The van der Waals surface area contributed by atoms with Gasteiger partial charge in [-0.05, 0) is 74.3 Å². The Morgan fingerprint density at radius 1 is 0.935 bits per heavy atom. The molecule has 16 nitrogen and oxygen atoms in total. The number of nitrogens with one attached hydrogen (secondary N) is 3. The average Bonchev–Trinajstić information content (AvgIpc) is 4.08. The molecule has 0 radical (unpaired) electrons. The number of piperidine rings is 2. The fourth-order valence-electron chi connectivity index (χ4n) is 9.63. The number of alkyl halides is 2. The highest BCUT2D eigenvalue weighted by molar-refractivity contribution is 6.33. The normalized spacial score (nSPS) is 23.1. The van der Waals surface area contributed by atoms with Crippen molar-refractivity contribution in [3.8, 4) is 5.75 Å². The van der Waals surface area contributed by atoms with Crippen molar-refractivity contribution in [2.24, 2.45) is 18.9 Å². The minimum Gasteiger partial charge on any atom is -0.480 e. The molecular formula is C43H45ClF2N10O6. The molecule has 7 heterocycles. The number of rotatable bonds is 8. The van der Waals surface area contributed by atoms with Gasteiger partial charge in [0, 0.05) is 70.4 Å². The molecule has 2 atom stereocenters. The lowest BCUT2D eigenvalue weighted by atomic mass is 9.94. The third kappa shape index (κ3) is 7.15. The number of piperazine rings is 1. The molecule has 2 aromatic heterocycles. The van der Waals surface area contributed by atoms with E-state index in [0.29, 0.717) is 89.6 Å². The summed E-state index contributed by atoms with van der Waals surface area (Å²) in [5, 5.41) is 9.41. The fraction of sp³-hybridized carbons (Fsp3) is 0.465. The first-order chi connectivity index (χ1) is 29.8. The summed E-state index contributed by atoms with van der Waals surface area (Å²) in [6, 6.07) is 8.42. The van der Waals surface area contributed by atoms with Gasteiger partial charge in [0.1, 0.15) is 11.1 Å². The molecule has 4 aromatic rings. The van der Waals surface area contributed by atoms with Crippen LogP contribution in [0.2, 0.25) is 5.02 Å². The van der Waals surface area contributed by atoms with E-state index >= 15 is 8.78 Å². The van der Waals surface area contributed by atoms with E-state index in [4.69, 9.17) is 21.3 Å². The maximum atomic E-state index is 15.2. The Morgan fingerprint density at radius 2 is 1.71 bits per heavy atom. The Balaban J connectivity index is 0.769. The maximum absolute atomic E-state index is 15.2. The number of benzene rings is 2. The van der Waals surface area contributed by atoms with E-state index in [1.165, 1.54) is 4.57 Å². The van der Waals surface area contributed by atoms with Gasteiger partial charge in [-0.15, -0.1) is 0 Å². The van der Waals surface area contributed by atoms with Crippen molar-refractivity contribution in [1.82, 2.24) is 29.7 Å². The van der Waals surface area contributed by atoms with Crippen LogP contribution in [0.4, 0.5) is 37.6 Å². The van der Waals surface area contributed by atoms with Crippen LogP contribution < -0.4 is 36.0 Å². The summed E-state index contributed by atoms with van der Waals surface area (Å²) in [6.07, 6.45) is 4.92. The minimum absolute atomic E-state index is 0.0695. The SMILES string of the molecule is Cn1c(=O)c2c(c3cc(Nc4nc(N5CCN(CC6CCN(c7cccc8c7C(=O)N(C7CCC(=O)NC7=O)C8=O)CC6)CC5)ncc4Cl)ccc31)N[C@@H](C1CC1)C(F)(F)CO2. The number of anilines is 5. The van der Waals surface area contributed by atoms with Gasteiger partial charge in [-0.3, -0.25) is 39.1 Å². The number of halogens is 3. The van der Waals surface area contributed by atoms with Crippen molar-refractivity contribution in [2.45, 2.75) is 56.5 Å². The van der Waals surface area contributed by atoms with Crippen LogP contribution in [0.25, 0.3) is 10.9 Å². The monoisotopic (exact) mass is 870 g/mol. The van der Waals surface area contributed by atoms with Gasteiger partial charge in [0.15, 0.2) is 12.4 Å². The first kappa shape index (κ1) is 40.2. The highest BCUT2D eigenvalue weighted by Crippen LogP contribution is 2.46. The molecule has 324 valence electrons. The standard InChI is InChI=1S/C43H45ClF2N10O6/c1-52-29-8-7-25(19-27(29)34-35(41(52)61)62-22-43(45,46)36(50-34)24-5-6-24)48-37-28(44)20-47-42(51-37)55-17-15-53(16-18-55)21-23-11-13-54(14-12-23)30-4-2-3-26-33(30)40(60)56(39(26)59)31-9-10-32(57)49-38(31)58/h2-4,7-8,19-20,23-24,31,36,50H,5-6,9-18,21-22H2,1H3,(H,47,48,51)(H,49,57,58)/t31?,36-/m0/s1. The summed E-state index contributed by atoms with van der Waals surface area (Å²) in [4.78, 5) is 81.7. The van der Waals surface area contributed by atoms with Crippen LogP contribution in [-0.4, -0.2) is 118 Å². The van der Waals surface area contributed by atoms with Crippen LogP contribution in [0.5, 0.6) is 5.75 Å². The predicted octanol–water partition coefficient (Wildman–Crippen LogP) is 4.38. The summed E-state index contributed by atoms with van der Waals surface area (Å²) in [7, 11) is 1.59. The lowest BCUT2D eigenvalue weighted by Gasteiger charge is -2.39. The molecule has 2 aromatic carbocycles. The maximum Gasteiger partial charge on any atom is 0.301 e. The summed E-state index contributed by atoms with van der Waals surface area (Å²) >= 11 is 6.61. The van der Waals surface area contributed by atoms with Crippen molar-refractivity contribution >= 4 is 75.0 Å². The molecule has 19 heteroatoms. The number of ether oxygens (including phenoxy) is 1. The number of pyridine rings is 1. The fourth-order valence-corrected chi connectivity index (χ4v) is 9.77. The van der Waals surface area contributed by atoms with E-state index in [2.05, 4.69) is 35.6 Å². The van der Waals surface area contributed by atoms with Crippen molar-refractivity contribution in [3.05, 3.63) is 69.1 Å². The number of imide groups is 2. The molecular weight excluding hydrogens is 826 g/mol. The second kappa shape index (κ2) is 15.5. The highest BCUT2D eigenvalue weighted by atomic mass is 35.5. The molecule has 4 amide bonds. The number of aromatic nitrogens is 3. The van der Waals surface area contributed by atoms with Gasteiger partial charge < -0.3 is 29.7 Å². The predicted molar refractivity (Wildman–Crippen MR) is 227 cm³/mol. The van der Waals surface area contributed by atoms with Crippen molar-refractivity contribution in [2.75, 3.05) is 72.9 Å². The third-order valence-electron chi connectivity index (χ3n) is 13.2. The molecule has 1 unspecified atom stereocenters. The lowest BCUT2D eigenvalue weighted by molar-refractivity contribution is -0.136. The van der Waals surface area contributed by atoms with Gasteiger partial charge in [-0.1, -0.05) is 17.7 Å². The number of hydrogen-bond acceptors (Lipinski definition) is 13. The first-order valence-corrected chi connectivity index (χ1v) is 21.5. The van der Waals surface area contributed by atoms with Crippen LogP contribution in [-0.2, 0) is 16.6 Å². The molecule has 62 heavy (non-hydrogen) atoms. The Hall–Kier alpha value is -5.88. The molecule has 1 saturated carbocycles. The van der Waals surface area contributed by atoms with E-state index in [1.54, 1.807) is 43.6 Å². The summed E-state index contributed by atoms with van der Waals surface area (Å²) < 4.78 is 37.2. The Morgan fingerprint density at radius 3 is 2.45 bits per heavy atom. The third-order valence-corrected chi connectivity index (χ3v) is 13.5. The van der Waals surface area contributed by atoms with Crippen LogP contribution in [0.1, 0.15) is 59.2 Å². The summed E-state index contributed by atoms with van der Waals surface area (Å²) in [6.45, 7) is 4.48. The lowest BCUT2D eigenvalue weighted by Crippen LogP contribution is -2.54. The molecule has 5 aliphatic heterocycles. The molecule has 1 aliphatic carbocycles. The first-order valence-electron chi connectivity index (χ1n) is 21.1. The van der Waals surface area contributed by atoms with Crippen LogP contribution >= 0.6 is 11.6 Å². The van der Waals surface area contributed by atoms with Gasteiger partial charge in [0.2, 0.25) is 23.5 Å². The Bertz CT molecular complexity index is 2590. The van der Waals surface area contributed by atoms with Gasteiger partial charge in [0.25, 0.3) is 17.4 Å². The van der Waals surface area contributed by atoms with Gasteiger partial charge in [-0.2, -0.15) is 4.98 Å². The highest BCUT2D eigenvalue weighted by Gasteiger charge is 2.51. The van der Waals surface area contributed by atoms with Gasteiger partial charge >= 0.3 is 5.92 Å². The van der Waals surface area contributed by atoms with Gasteiger partial charge in [-0.25, -0.2) is 13.8 Å². The Kier molecular flexibility index (Phi) is 10.0. The smallest absolute Gasteiger partial charge is 0.301 e. The van der Waals surface area contributed by atoms with Crippen LogP contribution in [0.3, 0.4) is 0 Å². The molecule has 0 spiro atoms. The number of fused-ring (bicyclic) bond motifs is 4. The van der Waals surface area contributed by atoms with E-state index < -0.39 is 53.8 Å². The zero-order valence-corrected chi connectivity index (χ0v) is 34.7. The quantitative estimate of drug-likeness (QED) is 0.213. The van der Waals surface area contributed by atoms with E-state index in [-0.39, 0.29) is 35.8 Å². The second-order valence-corrected chi connectivity index (χ2v) is 17.6. The number of aryl methyl sites for hydroxylation is 1. The van der Waals surface area contributed by atoms with Crippen LogP contribution in [0, 0.1) is 11.8 Å². The van der Waals surface area contributed by atoms with E-state index in [9.17, 15) is 24.0 Å². The van der Waals surface area contributed by atoms with Crippen molar-refractivity contribution in [3.63, 3.8) is 0 Å². The number of amides is 4. The zero-order valence-electron chi connectivity index (χ0n) is 34.0. The molecule has 3 N–H and O–H groups in total. The number of hydrogen-bond donors (Lipinski definition) is 3. The number of carbonyl (C=O) groups excluding carboxylic acids is 4. The topological polar surface area (TPSA) is 174 Å². The van der Waals surface area contributed by atoms with E-state index in [0.717, 1.165) is 37.4 Å². The average molecular weight is 871 g/mol. The summed E-state index contributed by atoms with van der Waals surface area (Å²) in [5.41, 5.74) is 2.22. The van der Waals surface area contributed by atoms with Gasteiger partial charge in [0.05, 0.1) is 40.3 Å². The minimum atomic E-state index is -3.15. The van der Waals surface area contributed by atoms with E-state index in [1.807, 2.05) is 6.07 Å². The number of carbonyl (C=O) groups is 4. The molecule has 4 fully saturated rings. The number of nitrogens with zero attached hydrogens (tertiary/aromatic N) is 7. The Labute approximate surface area is 359 Å². The molecule has 6 aliphatic rings. The molecule has 3 saturated heterocycles. The van der Waals surface area contributed by atoms with Crippen LogP contribution in [0.15, 0.2) is 47.4 Å². The molecule has 10 rings (SSSR count). The van der Waals surface area contributed by atoms with Crippen molar-refractivity contribution in [1.29, 1.82) is 0 Å². The summed E-state index contributed by atoms with van der Waals surface area (Å²) in [5.74, 6) is -4.17. The largest absolute Gasteiger partial charge is 0.480 e. The zero-order chi connectivity index (χ0) is 43.0.